The number of hydrogen-bond donors (Lipinski definition) is 1. The van der Waals surface area contributed by atoms with Crippen molar-refractivity contribution in [3.63, 3.8) is 0 Å². The van der Waals surface area contributed by atoms with E-state index in [4.69, 9.17) is 34.8 Å². The number of amides is 2. The van der Waals surface area contributed by atoms with Gasteiger partial charge < -0.3 is 10.2 Å². The van der Waals surface area contributed by atoms with Crippen molar-refractivity contribution in [2.24, 2.45) is 0 Å². The van der Waals surface area contributed by atoms with Crippen molar-refractivity contribution in [3.8, 4) is 0 Å². The van der Waals surface area contributed by atoms with Crippen LogP contribution in [0.2, 0.25) is 15.1 Å². The summed E-state index contributed by atoms with van der Waals surface area (Å²) >= 11 is 18.4. The van der Waals surface area contributed by atoms with Crippen molar-refractivity contribution in [2.45, 2.75) is 45.7 Å². The average Bonchev–Trinajstić information content (AvgIpc) is 2.79. The van der Waals surface area contributed by atoms with Gasteiger partial charge in [-0.05, 0) is 42.7 Å². The highest BCUT2D eigenvalue weighted by Crippen LogP contribution is 2.28. The summed E-state index contributed by atoms with van der Waals surface area (Å²) in [6.07, 6.45) is 3.04. The number of benzene rings is 2. The van der Waals surface area contributed by atoms with E-state index in [0.717, 1.165) is 23.4 Å². The van der Waals surface area contributed by atoms with E-state index in [0.29, 0.717) is 28.6 Å². The van der Waals surface area contributed by atoms with Crippen molar-refractivity contribution < 1.29 is 18.0 Å². The number of unbranched alkanes of at least 4 members (excludes halogenated alkanes) is 1. The maximum atomic E-state index is 13.6. The average molecular weight is 563 g/mol. The summed E-state index contributed by atoms with van der Waals surface area (Å²) in [6.45, 7) is 3.80. The zero-order valence-corrected chi connectivity index (χ0v) is 23.0. The summed E-state index contributed by atoms with van der Waals surface area (Å²) in [6, 6.07) is 10.5. The molecule has 192 valence electrons. The molecule has 0 radical (unpaired) electrons. The largest absolute Gasteiger partial charge is 0.354 e. The maximum Gasteiger partial charge on any atom is 0.244 e. The molecule has 1 atom stereocenters. The van der Waals surface area contributed by atoms with E-state index < -0.39 is 28.5 Å². The number of para-hydroxylation sites is 1. The topological polar surface area (TPSA) is 86.8 Å². The quantitative estimate of drug-likeness (QED) is 0.363. The van der Waals surface area contributed by atoms with Gasteiger partial charge >= 0.3 is 0 Å². The van der Waals surface area contributed by atoms with E-state index >= 15 is 0 Å². The molecular formula is C24H30Cl3N3O4S. The Morgan fingerprint density at radius 1 is 1.00 bits per heavy atom. The van der Waals surface area contributed by atoms with Crippen LogP contribution in [-0.2, 0) is 26.2 Å². The summed E-state index contributed by atoms with van der Waals surface area (Å²) < 4.78 is 26.2. The highest BCUT2D eigenvalue weighted by atomic mass is 35.5. The number of sulfonamides is 1. The van der Waals surface area contributed by atoms with Gasteiger partial charge in [0.25, 0.3) is 0 Å². The van der Waals surface area contributed by atoms with Crippen LogP contribution in [0.3, 0.4) is 0 Å². The first-order valence-corrected chi connectivity index (χ1v) is 14.2. The number of rotatable bonds is 12. The molecule has 0 fully saturated rings. The molecule has 0 aliphatic heterocycles. The third-order valence-corrected chi connectivity index (χ3v) is 7.54. The number of anilines is 1. The van der Waals surface area contributed by atoms with Gasteiger partial charge in [-0.2, -0.15) is 0 Å². The first-order chi connectivity index (χ1) is 16.5. The van der Waals surface area contributed by atoms with Gasteiger partial charge in [0.2, 0.25) is 21.8 Å². The Morgan fingerprint density at radius 3 is 2.26 bits per heavy atom. The fourth-order valence-corrected chi connectivity index (χ4v) is 4.98. The van der Waals surface area contributed by atoms with Crippen LogP contribution in [0.4, 0.5) is 5.69 Å². The molecule has 2 rings (SSSR count). The minimum Gasteiger partial charge on any atom is -0.354 e. The van der Waals surface area contributed by atoms with E-state index in [2.05, 4.69) is 5.32 Å². The van der Waals surface area contributed by atoms with Gasteiger partial charge in [0.1, 0.15) is 12.6 Å². The Labute approximate surface area is 222 Å². The zero-order valence-electron chi connectivity index (χ0n) is 19.9. The summed E-state index contributed by atoms with van der Waals surface area (Å²) in [4.78, 5) is 28.0. The lowest BCUT2D eigenvalue weighted by molar-refractivity contribution is -0.140. The number of hydrogen-bond acceptors (Lipinski definition) is 4. The number of halogens is 3. The molecule has 1 unspecified atom stereocenters. The van der Waals surface area contributed by atoms with Crippen molar-refractivity contribution in [1.29, 1.82) is 0 Å². The van der Waals surface area contributed by atoms with Gasteiger partial charge in [0.15, 0.2) is 0 Å². The van der Waals surface area contributed by atoms with Crippen molar-refractivity contribution in [2.75, 3.05) is 23.7 Å². The van der Waals surface area contributed by atoms with Gasteiger partial charge in [-0.25, -0.2) is 8.42 Å². The van der Waals surface area contributed by atoms with Crippen LogP contribution in [-0.4, -0.2) is 50.5 Å². The molecule has 0 saturated heterocycles. The summed E-state index contributed by atoms with van der Waals surface area (Å²) in [7, 11) is -3.86. The van der Waals surface area contributed by atoms with Crippen LogP contribution in [0.1, 0.15) is 38.7 Å². The number of carbonyl (C=O) groups excluding carboxylic acids is 2. The van der Waals surface area contributed by atoms with E-state index in [1.54, 1.807) is 43.3 Å². The van der Waals surface area contributed by atoms with Crippen LogP contribution >= 0.6 is 34.8 Å². The Bertz CT molecular complexity index is 1140. The molecular weight excluding hydrogens is 533 g/mol. The second-order valence-electron chi connectivity index (χ2n) is 8.06. The SMILES string of the molecule is CCCCNC(=O)C(CC)N(Cc1ccc(Cl)c(Cl)c1)C(=O)CN(c1ccccc1Cl)S(C)(=O)=O. The fourth-order valence-electron chi connectivity index (χ4n) is 3.51. The van der Waals surface area contributed by atoms with Gasteiger partial charge in [0, 0.05) is 13.1 Å². The van der Waals surface area contributed by atoms with Crippen LogP contribution in [0.15, 0.2) is 42.5 Å². The number of carbonyl (C=O) groups is 2. The second kappa shape index (κ2) is 13.3. The molecule has 35 heavy (non-hydrogen) atoms. The molecule has 0 bridgehead atoms. The van der Waals surface area contributed by atoms with Gasteiger partial charge in [-0.3, -0.25) is 13.9 Å². The first kappa shape index (κ1) is 29.2. The Kier molecular flexibility index (Phi) is 11.1. The predicted octanol–water partition coefficient (Wildman–Crippen LogP) is 5.14. The summed E-state index contributed by atoms with van der Waals surface area (Å²) in [5.74, 6) is -0.864. The van der Waals surface area contributed by atoms with Crippen LogP contribution in [0.25, 0.3) is 0 Å². The Morgan fingerprint density at radius 2 is 1.69 bits per heavy atom. The molecule has 11 heteroatoms. The lowest BCUT2D eigenvalue weighted by Crippen LogP contribution is -2.52. The minimum absolute atomic E-state index is 0.0373. The number of nitrogens with one attached hydrogen (secondary N) is 1. The second-order valence-corrected chi connectivity index (χ2v) is 11.2. The molecule has 0 saturated carbocycles. The van der Waals surface area contributed by atoms with E-state index in [1.165, 1.54) is 11.0 Å². The normalized spacial score (nSPS) is 12.2. The molecule has 2 aromatic rings. The predicted molar refractivity (Wildman–Crippen MR) is 143 cm³/mol. The zero-order chi connectivity index (χ0) is 26.2. The summed E-state index contributed by atoms with van der Waals surface area (Å²) in [5.41, 5.74) is 0.830. The number of nitrogens with zero attached hydrogens (tertiary/aromatic N) is 2. The maximum absolute atomic E-state index is 13.6. The third kappa shape index (κ3) is 8.27. The Hall–Kier alpha value is -2.00. The Balaban J connectivity index is 2.44. The molecule has 2 amide bonds. The smallest absolute Gasteiger partial charge is 0.244 e. The van der Waals surface area contributed by atoms with E-state index in [1.807, 2.05) is 6.92 Å². The third-order valence-electron chi connectivity index (χ3n) is 5.35. The molecule has 7 nitrogen and oxygen atoms in total. The van der Waals surface area contributed by atoms with Crippen LogP contribution < -0.4 is 9.62 Å². The molecule has 1 N–H and O–H groups in total. The van der Waals surface area contributed by atoms with Crippen LogP contribution in [0.5, 0.6) is 0 Å². The van der Waals surface area contributed by atoms with Gasteiger partial charge in [-0.1, -0.05) is 73.3 Å². The highest BCUT2D eigenvalue weighted by molar-refractivity contribution is 7.92. The monoisotopic (exact) mass is 561 g/mol. The lowest BCUT2D eigenvalue weighted by atomic mass is 10.1. The van der Waals surface area contributed by atoms with Crippen molar-refractivity contribution in [3.05, 3.63) is 63.1 Å². The first-order valence-electron chi connectivity index (χ1n) is 11.2. The van der Waals surface area contributed by atoms with E-state index in [-0.39, 0.29) is 23.2 Å². The summed E-state index contributed by atoms with van der Waals surface area (Å²) in [5, 5.41) is 3.73. The lowest BCUT2D eigenvalue weighted by Gasteiger charge is -2.33. The molecule has 2 aromatic carbocycles. The molecule has 0 heterocycles. The van der Waals surface area contributed by atoms with Gasteiger partial charge in [0.05, 0.1) is 27.0 Å². The molecule has 0 aromatic heterocycles. The van der Waals surface area contributed by atoms with Crippen molar-refractivity contribution >= 4 is 62.3 Å². The molecule has 0 aliphatic carbocycles. The van der Waals surface area contributed by atoms with Crippen LogP contribution in [0, 0.1) is 0 Å². The minimum atomic E-state index is -3.86. The highest BCUT2D eigenvalue weighted by Gasteiger charge is 2.32. The van der Waals surface area contributed by atoms with Gasteiger partial charge in [-0.15, -0.1) is 0 Å². The van der Waals surface area contributed by atoms with Crippen molar-refractivity contribution in [1.82, 2.24) is 10.2 Å². The molecule has 0 aliphatic rings. The standard InChI is InChI=1S/C24H30Cl3N3O4S/c1-4-6-13-28-24(32)21(5-2)29(15-17-11-12-18(25)20(27)14-17)23(31)16-30(35(3,33)34)22-10-8-7-9-19(22)26/h7-12,14,21H,4-6,13,15-16H2,1-3H3,(H,28,32). The fraction of sp³-hybridized carbons (Fsp3) is 0.417. The molecule has 0 spiro atoms. The van der Waals surface area contributed by atoms with E-state index in [9.17, 15) is 18.0 Å².